The molecule has 2 aromatic rings. The van der Waals surface area contributed by atoms with Crippen molar-refractivity contribution in [1.29, 1.82) is 0 Å². The lowest BCUT2D eigenvalue weighted by Gasteiger charge is -2.23. The maximum atomic E-state index is 13.2. The standard InChI is InChI=1S/C22H29N3O2/c1-3-4-14-24(2)16-19-21(18-12-8-9-13-20(18)26)23-25(22(19)27)15-17-10-6-5-7-11-17/h5-13,19,21,23,26H,3-4,14-16H2,1-2H3/t19-,21-/m0/s1. The van der Waals surface area contributed by atoms with Crippen LogP contribution in [0, 0.1) is 5.92 Å². The number of rotatable bonds is 8. The van der Waals surface area contributed by atoms with Crippen LogP contribution in [0.4, 0.5) is 0 Å². The summed E-state index contributed by atoms with van der Waals surface area (Å²) in [6.07, 6.45) is 2.24. The van der Waals surface area contributed by atoms with Gasteiger partial charge in [-0.25, -0.2) is 5.43 Å². The van der Waals surface area contributed by atoms with E-state index in [2.05, 4.69) is 24.3 Å². The molecule has 0 unspecified atom stereocenters. The highest BCUT2D eigenvalue weighted by molar-refractivity contribution is 5.82. The van der Waals surface area contributed by atoms with Crippen molar-refractivity contribution >= 4 is 5.91 Å². The van der Waals surface area contributed by atoms with E-state index in [9.17, 15) is 9.90 Å². The lowest BCUT2D eigenvalue weighted by Crippen LogP contribution is -2.35. The van der Waals surface area contributed by atoms with Gasteiger partial charge in [0.1, 0.15) is 5.75 Å². The predicted molar refractivity (Wildman–Crippen MR) is 107 cm³/mol. The topological polar surface area (TPSA) is 55.8 Å². The number of unbranched alkanes of at least 4 members (excludes halogenated alkanes) is 1. The normalized spacial score (nSPS) is 19.8. The molecule has 2 N–H and O–H groups in total. The zero-order valence-electron chi connectivity index (χ0n) is 16.1. The molecule has 0 aromatic heterocycles. The minimum Gasteiger partial charge on any atom is -0.508 e. The fourth-order valence-electron chi connectivity index (χ4n) is 3.63. The van der Waals surface area contributed by atoms with Gasteiger partial charge in [-0.3, -0.25) is 9.80 Å². The number of aromatic hydroxyl groups is 1. The molecule has 0 spiro atoms. The number of hydrazine groups is 1. The zero-order chi connectivity index (χ0) is 19.2. The molecule has 1 fully saturated rings. The predicted octanol–water partition coefficient (Wildman–Crippen LogP) is 3.33. The van der Waals surface area contributed by atoms with Gasteiger partial charge in [-0.05, 0) is 31.6 Å². The van der Waals surface area contributed by atoms with Gasteiger partial charge in [0.05, 0.1) is 18.5 Å². The Morgan fingerprint density at radius 2 is 1.81 bits per heavy atom. The molecule has 0 bridgehead atoms. The highest BCUT2D eigenvalue weighted by Crippen LogP contribution is 2.35. The second-order valence-electron chi connectivity index (χ2n) is 7.30. The average molecular weight is 367 g/mol. The summed E-state index contributed by atoms with van der Waals surface area (Å²) in [5.74, 6) is 0.0740. The monoisotopic (exact) mass is 367 g/mol. The molecule has 5 nitrogen and oxygen atoms in total. The summed E-state index contributed by atoms with van der Waals surface area (Å²) < 4.78 is 0. The van der Waals surface area contributed by atoms with E-state index in [1.54, 1.807) is 17.1 Å². The van der Waals surface area contributed by atoms with Gasteiger partial charge in [0.15, 0.2) is 0 Å². The summed E-state index contributed by atoms with van der Waals surface area (Å²) in [6, 6.07) is 17.0. The number of amides is 1. The minimum absolute atomic E-state index is 0.0791. The summed E-state index contributed by atoms with van der Waals surface area (Å²) in [6.45, 7) is 4.31. The molecule has 1 heterocycles. The molecule has 3 rings (SSSR count). The van der Waals surface area contributed by atoms with Crippen LogP contribution in [0.3, 0.4) is 0 Å². The van der Waals surface area contributed by atoms with E-state index in [1.165, 1.54) is 0 Å². The van der Waals surface area contributed by atoms with Crippen molar-refractivity contribution in [2.75, 3.05) is 20.1 Å². The molecule has 1 aliphatic heterocycles. The second kappa shape index (κ2) is 9.02. The maximum absolute atomic E-state index is 13.2. The first-order valence-corrected chi connectivity index (χ1v) is 9.68. The molecule has 1 amide bonds. The lowest BCUT2D eigenvalue weighted by atomic mass is 9.93. The summed E-state index contributed by atoms with van der Waals surface area (Å²) in [4.78, 5) is 15.4. The maximum Gasteiger partial charge on any atom is 0.243 e. The lowest BCUT2D eigenvalue weighted by molar-refractivity contribution is -0.133. The minimum atomic E-state index is -0.233. The van der Waals surface area contributed by atoms with Crippen LogP contribution in [0.1, 0.15) is 36.9 Å². The molecule has 5 heteroatoms. The van der Waals surface area contributed by atoms with Crippen LogP contribution in [0.2, 0.25) is 0 Å². The van der Waals surface area contributed by atoms with Crippen molar-refractivity contribution in [2.45, 2.75) is 32.4 Å². The van der Waals surface area contributed by atoms with Gasteiger partial charge in [-0.15, -0.1) is 0 Å². The van der Waals surface area contributed by atoms with Gasteiger partial charge >= 0.3 is 0 Å². The molecule has 27 heavy (non-hydrogen) atoms. The number of carbonyl (C=O) groups excluding carboxylic acids is 1. The highest BCUT2D eigenvalue weighted by atomic mass is 16.3. The van der Waals surface area contributed by atoms with E-state index in [-0.39, 0.29) is 23.6 Å². The number of nitrogens with zero attached hydrogens (tertiary/aromatic N) is 2. The Kier molecular flexibility index (Phi) is 6.48. The third kappa shape index (κ3) is 4.67. The van der Waals surface area contributed by atoms with Crippen molar-refractivity contribution in [1.82, 2.24) is 15.3 Å². The van der Waals surface area contributed by atoms with Gasteiger partial charge in [0.2, 0.25) is 5.91 Å². The van der Waals surface area contributed by atoms with Crippen molar-refractivity contribution in [3.05, 3.63) is 65.7 Å². The van der Waals surface area contributed by atoms with Crippen molar-refractivity contribution in [3.8, 4) is 5.75 Å². The molecule has 0 aliphatic carbocycles. The summed E-state index contributed by atoms with van der Waals surface area (Å²) in [5, 5.41) is 12.0. The molecule has 144 valence electrons. The molecule has 2 atom stereocenters. The molecule has 1 aliphatic rings. The van der Waals surface area contributed by atoms with Crippen molar-refractivity contribution < 1.29 is 9.90 Å². The van der Waals surface area contributed by atoms with Gasteiger partial charge in [0, 0.05) is 12.1 Å². The van der Waals surface area contributed by atoms with E-state index in [0.717, 1.165) is 30.5 Å². The van der Waals surface area contributed by atoms with E-state index < -0.39 is 0 Å². The van der Waals surface area contributed by atoms with Crippen LogP contribution in [0.15, 0.2) is 54.6 Å². The van der Waals surface area contributed by atoms with Gasteiger partial charge in [-0.2, -0.15) is 0 Å². The molecule has 2 aromatic carbocycles. The Bertz CT molecular complexity index is 750. The molecule has 0 radical (unpaired) electrons. The molecular formula is C22H29N3O2. The Labute approximate surface area is 161 Å². The van der Waals surface area contributed by atoms with Crippen LogP contribution in [-0.2, 0) is 11.3 Å². The zero-order valence-corrected chi connectivity index (χ0v) is 16.1. The van der Waals surface area contributed by atoms with Crippen LogP contribution in [-0.4, -0.2) is 41.1 Å². The van der Waals surface area contributed by atoms with Gasteiger partial charge < -0.3 is 10.0 Å². The number of phenolic OH excluding ortho intramolecular Hbond substituents is 1. The number of hydrogen-bond donors (Lipinski definition) is 2. The quantitative estimate of drug-likeness (QED) is 0.751. The smallest absolute Gasteiger partial charge is 0.243 e. The van der Waals surface area contributed by atoms with Gasteiger partial charge in [0.25, 0.3) is 0 Å². The van der Waals surface area contributed by atoms with Crippen LogP contribution >= 0.6 is 0 Å². The number of nitrogens with one attached hydrogen (secondary N) is 1. The first kappa shape index (κ1) is 19.4. The van der Waals surface area contributed by atoms with E-state index in [1.807, 2.05) is 42.5 Å². The number of para-hydroxylation sites is 1. The number of phenols is 1. The summed E-state index contributed by atoms with van der Waals surface area (Å²) in [5.41, 5.74) is 5.21. The third-order valence-corrected chi connectivity index (χ3v) is 5.14. The average Bonchev–Trinajstić information content (AvgIpc) is 2.97. The van der Waals surface area contributed by atoms with E-state index >= 15 is 0 Å². The number of carbonyl (C=O) groups is 1. The first-order valence-electron chi connectivity index (χ1n) is 9.68. The van der Waals surface area contributed by atoms with E-state index in [4.69, 9.17) is 0 Å². The Morgan fingerprint density at radius 3 is 2.52 bits per heavy atom. The summed E-state index contributed by atoms with van der Waals surface area (Å²) in [7, 11) is 2.06. The van der Waals surface area contributed by atoms with Gasteiger partial charge in [-0.1, -0.05) is 61.9 Å². The Hall–Kier alpha value is -2.37. The number of benzene rings is 2. The highest BCUT2D eigenvalue weighted by Gasteiger charge is 2.42. The fraction of sp³-hybridized carbons (Fsp3) is 0.409. The largest absolute Gasteiger partial charge is 0.508 e. The second-order valence-corrected chi connectivity index (χ2v) is 7.30. The number of hydrogen-bond acceptors (Lipinski definition) is 4. The van der Waals surface area contributed by atoms with E-state index in [0.29, 0.717) is 13.1 Å². The molecule has 1 saturated heterocycles. The SMILES string of the molecule is CCCCN(C)C[C@@H]1C(=O)N(Cc2ccccc2)N[C@H]1c1ccccc1O. The molecular weight excluding hydrogens is 338 g/mol. The van der Waals surface area contributed by atoms with Crippen LogP contribution in [0.25, 0.3) is 0 Å². The van der Waals surface area contributed by atoms with Crippen molar-refractivity contribution in [2.24, 2.45) is 5.92 Å². The fourth-order valence-corrected chi connectivity index (χ4v) is 3.63. The first-order chi connectivity index (χ1) is 13.1. The van der Waals surface area contributed by atoms with Crippen LogP contribution < -0.4 is 5.43 Å². The molecule has 0 saturated carbocycles. The third-order valence-electron chi connectivity index (χ3n) is 5.14. The summed E-state index contributed by atoms with van der Waals surface area (Å²) >= 11 is 0. The van der Waals surface area contributed by atoms with Crippen LogP contribution in [0.5, 0.6) is 5.75 Å². The Balaban J connectivity index is 1.82. The Morgan fingerprint density at radius 1 is 1.11 bits per heavy atom. The van der Waals surface area contributed by atoms with Crippen molar-refractivity contribution in [3.63, 3.8) is 0 Å².